The molecule has 0 amide bonds. The van der Waals surface area contributed by atoms with E-state index in [0.29, 0.717) is 18.3 Å². The van der Waals surface area contributed by atoms with Crippen LogP contribution < -0.4 is 23.7 Å². The molecule has 0 atom stereocenters. The van der Waals surface area contributed by atoms with Crippen molar-refractivity contribution in [3.05, 3.63) is 41.5 Å². The van der Waals surface area contributed by atoms with Crippen molar-refractivity contribution in [1.29, 1.82) is 0 Å². The summed E-state index contributed by atoms with van der Waals surface area (Å²) >= 11 is 0. The third-order valence-corrected chi connectivity index (χ3v) is 5.49. The topological polar surface area (TPSA) is 52.6 Å². The fourth-order valence-electron chi connectivity index (χ4n) is 3.93. The molecule has 7 nitrogen and oxygen atoms in total. The van der Waals surface area contributed by atoms with Gasteiger partial charge in [0.25, 0.3) is 0 Å². The van der Waals surface area contributed by atoms with Gasteiger partial charge in [0.1, 0.15) is 0 Å². The Balaban J connectivity index is 1.35. The quantitative estimate of drug-likeness (QED) is 0.708. The van der Waals surface area contributed by atoms with Gasteiger partial charge in [0.05, 0.1) is 21.3 Å². The summed E-state index contributed by atoms with van der Waals surface area (Å²) in [5, 5.41) is 0. The van der Waals surface area contributed by atoms with Gasteiger partial charge in [-0.25, -0.2) is 0 Å². The number of piperazine rings is 1. The summed E-state index contributed by atoms with van der Waals surface area (Å²) in [6.45, 7) is 6.10. The standard InChI is InChI=1S/C22H28N2O5/c1-25-19-7-5-17(21(26-2)22(19)27-3)14-24-10-8-23(9-11-24)13-16-4-6-18-20(12-16)29-15-28-18/h4-7,12H,8-11,13-15H2,1-3H3. The second-order valence-corrected chi connectivity index (χ2v) is 7.23. The average molecular weight is 400 g/mol. The predicted octanol–water partition coefficient (Wildman–Crippen LogP) is 2.76. The zero-order chi connectivity index (χ0) is 20.2. The molecule has 0 aromatic heterocycles. The first kappa shape index (κ1) is 19.7. The molecule has 2 aromatic carbocycles. The van der Waals surface area contributed by atoms with E-state index >= 15 is 0 Å². The van der Waals surface area contributed by atoms with Gasteiger partial charge in [-0.1, -0.05) is 12.1 Å². The summed E-state index contributed by atoms with van der Waals surface area (Å²) in [4.78, 5) is 4.92. The Morgan fingerprint density at radius 3 is 2.14 bits per heavy atom. The summed E-state index contributed by atoms with van der Waals surface area (Å²) in [5.41, 5.74) is 2.36. The molecule has 0 spiro atoms. The molecular weight excluding hydrogens is 372 g/mol. The molecule has 2 heterocycles. The molecule has 0 unspecified atom stereocenters. The van der Waals surface area contributed by atoms with E-state index in [4.69, 9.17) is 23.7 Å². The second-order valence-electron chi connectivity index (χ2n) is 7.23. The summed E-state index contributed by atoms with van der Waals surface area (Å²) in [6.07, 6.45) is 0. The zero-order valence-corrected chi connectivity index (χ0v) is 17.3. The normalized spacial score (nSPS) is 16.7. The van der Waals surface area contributed by atoms with E-state index in [1.807, 2.05) is 12.1 Å². The van der Waals surface area contributed by atoms with Crippen LogP contribution in [-0.4, -0.2) is 64.1 Å². The number of ether oxygens (including phenoxy) is 5. The molecule has 0 radical (unpaired) electrons. The number of hydrogen-bond donors (Lipinski definition) is 0. The SMILES string of the molecule is COc1ccc(CN2CCN(Cc3ccc4c(c3)OCO4)CC2)c(OC)c1OC. The first-order chi connectivity index (χ1) is 14.2. The van der Waals surface area contributed by atoms with Crippen LogP contribution >= 0.6 is 0 Å². The zero-order valence-electron chi connectivity index (χ0n) is 17.3. The third-order valence-electron chi connectivity index (χ3n) is 5.49. The van der Waals surface area contributed by atoms with Gasteiger partial charge in [-0.15, -0.1) is 0 Å². The van der Waals surface area contributed by atoms with E-state index in [2.05, 4.69) is 28.0 Å². The molecule has 1 fully saturated rings. The lowest BCUT2D eigenvalue weighted by atomic mass is 10.1. The highest BCUT2D eigenvalue weighted by molar-refractivity contribution is 5.55. The fourth-order valence-corrected chi connectivity index (χ4v) is 3.93. The summed E-state index contributed by atoms with van der Waals surface area (Å²) in [5.74, 6) is 3.76. The van der Waals surface area contributed by atoms with E-state index in [1.54, 1.807) is 21.3 Å². The Morgan fingerprint density at radius 2 is 1.45 bits per heavy atom. The fraction of sp³-hybridized carbons (Fsp3) is 0.455. The minimum Gasteiger partial charge on any atom is -0.493 e. The smallest absolute Gasteiger partial charge is 0.231 e. The van der Waals surface area contributed by atoms with Crippen molar-refractivity contribution >= 4 is 0 Å². The molecule has 0 saturated carbocycles. The molecule has 0 bridgehead atoms. The number of rotatable bonds is 7. The molecule has 1 saturated heterocycles. The molecule has 156 valence electrons. The molecule has 7 heteroatoms. The Morgan fingerprint density at radius 1 is 0.759 bits per heavy atom. The van der Waals surface area contributed by atoms with E-state index in [9.17, 15) is 0 Å². The number of fused-ring (bicyclic) bond motifs is 1. The summed E-state index contributed by atoms with van der Waals surface area (Å²) < 4.78 is 27.4. The monoisotopic (exact) mass is 400 g/mol. The van der Waals surface area contributed by atoms with Crippen molar-refractivity contribution < 1.29 is 23.7 Å². The maximum Gasteiger partial charge on any atom is 0.231 e. The Labute approximate surface area is 171 Å². The third kappa shape index (κ3) is 4.21. The van der Waals surface area contributed by atoms with Gasteiger partial charge < -0.3 is 23.7 Å². The van der Waals surface area contributed by atoms with Crippen LogP contribution in [0.4, 0.5) is 0 Å². The van der Waals surface area contributed by atoms with Crippen LogP contribution in [0.5, 0.6) is 28.7 Å². The minimum absolute atomic E-state index is 0.317. The largest absolute Gasteiger partial charge is 0.493 e. The number of hydrogen-bond acceptors (Lipinski definition) is 7. The summed E-state index contributed by atoms with van der Waals surface area (Å²) in [6, 6.07) is 10.2. The number of methoxy groups -OCH3 is 3. The van der Waals surface area contributed by atoms with Crippen LogP contribution in [0.2, 0.25) is 0 Å². The van der Waals surface area contributed by atoms with Gasteiger partial charge in [0.15, 0.2) is 23.0 Å². The van der Waals surface area contributed by atoms with Crippen molar-refractivity contribution in [3.8, 4) is 28.7 Å². The van der Waals surface area contributed by atoms with E-state index in [1.165, 1.54) is 5.56 Å². The van der Waals surface area contributed by atoms with Crippen LogP contribution in [0.1, 0.15) is 11.1 Å². The minimum atomic E-state index is 0.317. The highest BCUT2D eigenvalue weighted by Crippen LogP contribution is 2.40. The van der Waals surface area contributed by atoms with Gasteiger partial charge in [0.2, 0.25) is 12.5 Å². The van der Waals surface area contributed by atoms with Crippen LogP contribution in [0, 0.1) is 0 Å². The van der Waals surface area contributed by atoms with Crippen LogP contribution in [-0.2, 0) is 13.1 Å². The van der Waals surface area contributed by atoms with Crippen molar-refractivity contribution in [3.63, 3.8) is 0 Å². The van der Waals surface area contributed by atoms with Gasteiger partial charge in [-0.3, -0.25) is 9.80 Å². The first-order valence-corrected chi connectivity index (χ1v) is 9.83. The summed E-state index contributed by atoms with van der Waals surface area (Å²) in [7, 11) is 4.94. The molecule has 4 rings (SSSR count). The maximum atomic E-state index is 5.62. The lowest BCUT2D eigenvalue weighted by Gasteiger charge is -2.35. The molecule has 2 aliphatic rings. The first-order valence-electron chi connectivity index (χ1n) is 9.83. The second kappa shape index (κ2) is 8.80. The number of nitrogens with zero attached hydrogens (tertiary/aromatic N) is 2. The van der Waals surface area contributed by atoms with E-state index < -0.39 is 0 Å². The van der Waals surface area contributed by atoms with Gasteiger partial charge >= 0.3 is 0 Å². The molecule has 0 N–H and O–H groups in total. The van der Waals surface area contributed by atoms with Gasteiger partial charge in [-0.05, 0) is 23.8 Å². The molecule has 0 aliphatic carbocycles. The molecular formula is C22H28N2O5. The Kier molecular flexibility index (Phi) is 5.97. The van der Waals surface area contributed by atoms with E-state index in [0.717, 1.165) is 62.1 Å². The molecule has 29 heavy (non-hydrogen) atoms. The lowest BCUT2D eigenvalue weighted by Crippen LogP contribution is -2.45. The highest BCUT2D eigenvalue weighted by atomic mass is 16.7. The molecule has 2 aliphatic heterocycles. The van der Waals surface area contributed by atoms with Crippen molar-refractivity contribution in [2.24, 2.45) is 0 Å². The van der Waals surface area contributed by atoms with Crippen molar-refractivity contribution in [2.45, 2.75) is 13.1 Å². The Hall–Kier alpha value is -2.64. The van der Waals surface area contributed by atoms with Gasteiger partial charge in [-0.2, -0.15) is 0 Å². The van der Waals surface area contributed by atoms with E-state index in [-0.39, 0.29) is 0 Å². The van der Waals surface area contributed by atoms with Crippen molar-refractivity contribution in [2.75, 3.05) is 54.3 Å². The van der Waals surface area contributed by atoms with Gasteiger partial charge in [0, 0.05) is 44.8 Å². The number of benzene rings is 2. The van der Waals surface area contributed by atoms with Crippen LogP contribution in [0.3, 0.4) is 0 Å². The highest BCUT2D eigenvalue weighted by Gasteiger charge is 2.22. The van der Waals surface area contributed by atoms with Crippen LogP contribution in [0.15, 0.2) is 30.3 Å². The van der Waals surface area contributed by atoms with Crippen LogP contribution in [0.25, 0.3) is 0 Å². The van der Waals surface area contributed by atoms with Crippen molar-refractivity contribution in [1.82, 2.24) is 9.80 Å². The average Bonchev–Trinajstić information content (AvgIpc) is 3.22. The molecule has 2 aromatic rings. The predicted molar refractivity (Wildman–Crippen MR) is 109 cm³/mol. The lowest BCUT2D eigenvalue weighted by molar-refractivity contribution is 0.121. The Bertz CT molecular complexity index is 849. The maximum absolute atomic E-state index is 5.62.